The fourth-order valence-corrected chi connectivity index (χ4v) is 3.16. The van der Waals surface area contributed by atoms with E-state index in [2.05, 4.69) is 16.3 Å². The summed E-state index contributed by atoms with van der Waals surface area (Å²) >= 11 is 6.13. The van der Waals surface area contributed by atoms with Gasteiger partial charge in [0, 0.05) is 24.2 Å². The predicted molar refractivity (Wildman–Crippen MR) is 111 cm³/mol. The minimum atomic E-state index is -0.325. The number of hydrogen-bond acceptors (Lipinski definition) is 6. The summed E-state index contributed by atoms with van der Waals surface area (Å²) in [6, 6.07) is 12.3. The Balaban J connectivity index is 1.69. The zero-order valence-electron chi connectivity index (χ0n) is 16.1. The number of ether oxygens (including phenoxy) is 3. The van der Waals surface area contributed by atoms with Crippen LogP contribution in [-0.2, 0) is 9.53 Å². The molecule has 0 radical (unpaired) electrons. The summed E-state index contributed by atoms with van der Waals surface area (Å²) in [6.07, 6.45) is 0. The van der Waals surface area contributed by atoms with E-state index in [9.17, 15) is 4.79 Å². The van der Waals surface area contributed by atoms with Gasteiger partial charge in [-0.3, -0.25) is 4.79 Å². The van der Waals surface area contributed by atoms with Crippen LogP contribution in [0.5, 0.6) is 11.5 Å². The minimum Gasteiger partial charge on any atom is -0.490 e. The Hall–Kier alpha value is -2.95. The van der Waals surface area contributed by atoms with Crippen LogP contribution in [-0.4, -0.2) is 45.4 Å². The molecule has 0 bridgehead atoms. The Bertz CT molecular complexity index is 907. The van der Waals surface area contributed by atoms with E-state index in [1.54, 1.807) is 30.3 Å². The maximum absolute atomic E-state index is 12.5. The smallest absolute Gasteiger partial charge is 0.262 e. The molecule has 7 nitrogen and oxygen atoms in total. The Labute approximate surface area is 174 Å². The first-order valence-corrected chi connectivity index (χ1v) is 9.70. The number of nitrogens with zero attached hydrogens (tertiary/aromatic N) is 2. The first kappa shape index (κ1) is 20.8. The molecule has 0 unspecified atom stereocenters. The number of morpholine rings is 1. The standard InChI is InChI=1S/C21H22ClN3O4/c1-2-28-20-11-15(13-23)3-6-19(20)29-14-21(26)24-17-12-16(22)4-5-18(17)25-7-9-27-10-8-25/h3-6,11-12H,2,7-10,14H2,1H3,(H,24,26). The molecular weight excluding hydrogens is 394 g/mol. The van der Waals surface area contributed by atoms with Crippen LogP contribution in [0.1, 0.15) is 12.5 Å². The SMILES string of the molecule is CCOc1cc(C#N)ccc1OCC(=O)Nc1cc(Cl)ccc1N1CCOCC1. The maximum atomic E-state index is 12.5. The number of carbonyl (C=O) groups is 1. The highest BCUT2D eigenvalue weighted by Crippen LogP contribution is 2.31. The molecule has 1 saturated heterocycles. The minimum absolute atomic E-state index is 0.207. The third-order valence-electron chi connectivity index (χ3n) is 4.32. The van der Waals surface area contributed by atoms with Gasteiger partial charge in [0.2, 0.25) is 0 Å². The maximum Gasteiger partial charge on any atom is 0.262 e. The summed E-state index contributed by atoms with van der Waals surface area (Å²) in [5.74, 6) is 0.505. The molecular formula is C21H22ClN3O4. The van der Waals surface area contributed by atoms with Crippen molar-refractivity contribution >= 4 is 28.9 Å². The highest BCUT2D eigenvalue weighted by atomic mass is 35.5. The predicted octanol–water partition coefficient (Wildman–Crippen LogP) is 3.46. The van der Waals surface area contributed by atoms with Gasteiger partial charge in [0.1, 0.15) is 0 Å². The number of hydrogen-bond donors (Lipinski definition) is 1. The van der Waals surface area contributed by atoms with Crippen LogP contribution >= 0.6 is 11.6 Å². The topological polar surface area (TPSA) is 83.8 Å². The number of anilines is 2. The van der Waals surface area contributed by atoms with E-state index in [1.165, 1.54) is 0 Å². The molecule has 0 saturated carbocycles. The molecule has 3 rings (SSSR count). The summed E-state index contributed by atoms with van der Waals surface area (Å²) < 4.78 is 16.5. The van der Waals surface area contributed by atoms with Crippen molar-refractivity contribution in [3.05, 3.63) is 47.0 Å². The Morgan fingerprint density at radius 3 is 2.72 bits per heavy atom. The number of benzene rings is 2. The average molecular weight is 416 g/mol. The molecule has 1 fully saturated rings. The second kappa shape index (κ2) is 10.0. The third kappa shape index (κ3) is 5.53. The molecule has 1 amide bonds. The van der Waals surface area contributed by atoms with Crippen molar-refractivity contribution in [3.63, 3.8) is 0 Å². The van der Waals surface area contributed by atoms with Gasteiger partial charge >= 0.3 is 0 Å². The first-order valence-electron chi connectivity index (χ1n) is 9.32. The fourth-order valence-electron chi connectivity index (χ4n) is 2.98. The van der Waals surface area contributed by atoms with Gasteiger partial charge in [0.25, 0.3) is 5.91 Å². The molecule has 1 N–H and O–H groups in total. The Kier molecular flexibility index (Phi) is 7.17. The number of rotatable bonds is 7. The summed E-state index contributed by atoms with van der Waals surface area (Å²) in [5, 5.41) is 12.4. The molecule has 0 aromatic heterocycles. The van der Waals surface area contributed by atoms with Gasteiger partial charge in [-0.2, -0.15) is 5.26 Å². The number of halogens is 1. The molecule has 0 atom stereocenters. The Morgan fingerprint density at radius 1 is 1.21 bits per heavy atom. The first-order chi connectivity index (χ1) is 14.1. The fraction of sp³-hybridized carbons (Fsp3) is 0.333. The van der Waals surface area contributed by atoms with Crippen molar-refractivity contribution in [2.24, 2.45) is 0 Å². The molecule has 152 valence electrons. The summed E-state index contributed by atoms with van der Waals surface area (Å²) in [7, 11) is 0. The molecule has 0 aliphatic carbocycles. The quantitative estimate of drug-likeness (QED) is 0.745. The molecule has 1 heterocycles. The second-order valence-electron chi connectivity index (χ2n) is 6.30. The van der Waals surface area contributed by atoms with Crippen LogP contribution in [0, 0.1) is 11.3 Å². The highest BCUT2D eigenvalue weighted by molar-refractivity contribution is 6.31. The van der Waals surface area contributed by atoms with E-state index in [0.717, 1.165) is 18.8 Å². The van der Waals surface area contributed by atoms with Crippen LogP contribution in [0.3, 0.4) is 0 Å². The van der Waals surface area contributed by atoms with Crippen LogP contribution in [0.15, 0.2) is 36.4 Å². The van der Waals surface area contributed by atoms with E-state index in [0.29, 0.717) is 47.6 Å². The molecule has 29 heavy (non-hydrogen) atoms. The van der Waals surface area contributed by atoms with E-state index in [4.69, 9.17) is 31.1 Å². The van der Waals surface area contributed by atoms with Gasteiger partial charge in [-0.25, -0.2) is 0 Å². The number of nitriles is 1. The lowest BCUT2D eigenvalue weighted by atomic mass is 10.2. The molecule has 8 heteroatoms. The van der Waals surface area contributed by atoms with E-state index < -0.39 is 0 Å². The molecule has 2 aromatic carbocycles. The number of nitrogens with one attached hydrogen (secondary N) is 1. The van der Waals surface area contributed by atoms with Crippen molar-refractivity contribution in [2.45, 2.75) is 6.92 Å². The highest BCUT2D eigenvalue weighted by Gasteiger charge is 2.17. The van der Waals surface area contributed by atoms with Crippen LogP contribution in [0.25, 0.3) is 0 Å². The molecule has 1 aliphatic rings. The van der Waals surface area contributed by atoms with Crippen molar-refractivity contribution in [1.82, 2.24) is 0 Å². The summed E-state index contributed by atoms with van der Waals surface area (Å²) in [4.78, 5) is 14.7. The Morgan fingerprint density at radius 2 is 2.00 bits per heavy atom. The molecule has 0 spiro atoms. The van der Waals surface area contributed by atoms with Crippen molar-refractivity contribution < 1.29 is 19.0 Å². The normalized spacial score (nSPS) is 13.5. The number of carbonyl (C=O) groups excluding carboxylic acids is 1. The monoisotopic (exact) mass is 415 g/mol. The zero-order chi connectivity index (χ0) is 20.6. The van der Waals surface area contributed by atoms with Gasteiger partial charge in [0.05, 0.1) is 42.8 Å². The zero-order valence-corrected chi connectivity index (χ0v) is 16.9. The van der Waals surface area contributed by atoms with Gasteiger partial charge in [0.15, 0.2) is 18.1 Å². The van der Waals surface area contributed by atoms with E-state index in [-0.39, 0.29) is 12.5 Å². The van der Waals surface area contributed by atoms with Crippen LogP contribution in [0.2, 0.25) is 5.02 Å². The lowest BCUT2D eigenvalue weighted by molar-refractivity contribution is -0.118. The van der Waals surface area contributed by atoms with Crippen LogP contribution < -0.4 is 19.7 Å². The average Bonchev–Trinajstić information content (AvgIpc) is 2.74. The van der Waals surface area contributed by atoms with Crippen LogP contribution in [0.4, 0.5) is 11.4 Å². The largest absolute Gasteiger partial charge is 0.490 e. The van der Waals surface area contributed by atoms with E-state index >= 15 is 0 Å². The van der Waals surface area contributed by atoms with Gasteiger partial charge < -0.3 is 24.4 Å². The number of amides is 1. The summed E-state index contributed by atoms with van der Waals surface area (Å²) in [5.41, 5.74) is 1.97. The lowest BCUT2D eigenvalue weighted by Crippen LogP contribution is -2.37. The van der Waals surface area contributed by atoms with Gasteiger partial charge in [-0.05, 0) is 37.3 Å². The molecule has 2 aromatic rings. The van der Waals surface area contributed by atoms with Gasteiger partial charge in [-0.15, -0.1) is 0 Å². The van der Waals surface area contributed by atoms with Crippen molar-refractivity contribution in [3.8, 4) is 17.6 Å². The van der Waals surface area contributed by atoms with Gasteiger partial charge in [-0.1, -0.05) is 11.6 Å². The van der Waals surface area contributed by atoms with E-state index in [1.807, 2.05) is 13.0 Å². The molecule has 1 aliphatic heterocycles. The van der Waals surface area contributed by atoms with Crippen molar-refractivity contribution in [1.29, 1.82) is 5.26 Å². The summed E-state index contributed by atoms with van der Waals surface area (Å²) in [6.45, 7) is 4.80. The second-order valence-corrected chi connectivity index (χ2v) is 6.74. The van der Waals surface area contributed by atoms with Crippen molar-refractivity contribution in [2.75, 3.05) is 49.7 Å². The third-order valence-corrected chi connectivity index (χ3v) is 4.55. The lowest BCUT2D eigenvalue weighted by Gasteiger charge is -2.30.